The highest BCUT2D eigenvalue weighted by Gasteiger charge is 2.14. The van der Waals surface area contributed by atoms with Gasteiger partial charge in [-0.3, -0.25) is 9.59 Å². The van der Waals surface area contributed by atoms with Crippen LogP contribution in [0.15, 0.2) is 25.3 Å². The molecular weight excluding hydrogens is 240 g/mol. The highest BCUT2D eigenvalue weighted by atomic mass is 32.2. The first-order chi connectivity index (χ1) is 8.02. The van der Waals surface area contributed by atoms with Crippen LogP contribution in [0.3, 0.4) is 0 Å². The maximum atomic E-state index is 11.7. The van der Waals surface area contributed by atoms with Gasteiger partial charge in [-0.15, -0.1) is 24.9 Å². The summed E-state index contributed by atoms with van der Waals surface area (Å²) in [6.07, 6.45) is 3.27. The molecule has 0 rings (SSSR count). The second-order valence-electron chi connectivity index (χ2n) is 3.34. The summed E-state index contributed by atoms with van der Waals surface area (Å²) in [5, 5.41) is 8.56. The van der Waals surface area contributed by atoms with E-state index in [2.05, 4.69) is 13.2 Å². The normalized spacial score (nSPS) is 11.6. The molecule has 0 aliphatic carbocycles. The number of aliphatic carboxylic acids is 1. The molecule has 0 saturated carbocycles. The van der Waals surface area contributed by atoms with Crippen molar-refractivity contribution in [1.29, 1.82) is 0 Å². The Labute approximate surface area is 105 Å². The lowest BCUT2D eigenvalue weighted by Gasteiger charge is -2.19. The number of carboxylic acids is 1. The molecule has 0 aromatic carbocycles. The monoisotopic (exact) mass is 258 g/mol. The van der Waals surface area contributed by atoms with Crippen LogP contribution in [0.1, 0.15) is 0 Å². The number of hydrogen-bond acceptors (Lipinski definition) is 4. The van der Waals surface area contributed by atoms with Crippen molar-refractivity contribution in [2.24, 2.45) is 5.73 Å². The molecule has 0 fully saturated rings. The minimum Gasteiger partial charge on any atom is -0.480 e. The minimum atomic E-state index is -1.06. The Balaban J connectivity index is 4.00. The third-order valence-electron chi connectivity index (χ3n) is 1.89. The first-order valence-electron chi connectivity index (χ1n) is 5.08. The van der Waals surface area contributed by atoms with Crippen LogP contribution in [0.2, 0.25) is 0 Å². The van der Waals surface area contributed by atoms with Crippen LogP contribution in [-0.2, 0) is 9.59 Å². The summed E-state index contributed by atoms with van der Waals surface area (Å²) in [5.41, 5.74) is 5.32. The van der Waals surface area contributed by atoms with E-state index in [0.717, 1.165) is 0 Å². The smallest absolute Gasteiger partial charge is 0.321 e. The predicted octanol–water partition coefficient (Wildman–Crippen LogP) is 0.332. The molecule has 0 spiro atoms. The van der Waals surface area contributed by atoms with Gasteiger partial charge in [0, 0.05) is 18.8 Å². The predicted molar refractivity (Wildman–Crippen MR) is 69.9 cm³/mol. The van der Waals surface area contributed by atoms with Gasteiger partial charge in [0.05, 0.1) is 5.75 Å². The standard InChI is InChI=1S/C11H18N2O3S/c1-3-5-13(6-4-2)10(14)8-17-7-9(12)11(15)16/h3-4,9H,1-2,5-8,12H2,(H,15,16)/t9-/m1/s1. The summed E-state index contributed by atoms with van der Waals surface area (Å²) in [4.78, 5) is 23.7. The van der Waals surface area contributed by atoms with Crippen molar-refractivity contribution in [2.45, 2.75) is 6.04 Å². The molecule has 1 amide bonds. The highest BCUT2D eigenvalue weighted by Crippen LogP contribution is 2.05. The topological polar surface area (TPSA) is 83.6 Å². The Morgan fingerprint density at radius 1 is 1.35 bits per heavy atom. The molecule has 0 bridgehead atoms. The van der Waals surface area contributed by atoms with Gasteiger partial charge in [-0.05, 0) is 0 Å². The molecule has 0 aliphatic heterocycles. The number of nitrogens with zero attached hydrogens (tertiary/aromatic N) is 1. The van der Waals surface area contributed by atoms with Crippen LogP contribution in [-0.4, -0.2) is 52.5 Å². The summed E-state index contributed by atoms with van der Waals surface area (Å²) >= 11 is 1.21. The molecule has 1 atom stereocenters. The number of amides is 1. The molecule has 0 heterocycles. The van der Waals surface area contributed by atoms with E-state index >= 15 is 0 Å². The molecule has 5 nitrogen and oxygen atoms in total. The van der Waals surface area contributed by atoms with Gasteiger partial charge in [0.2, 0.25) is 5.91 Å². The third kappa shape index (κ3) is 6.80. The fraction of sp³-hybridized carbons (Fsp3) is 0.455. The van der Waals surface area contributed by atoms with Crippen LogP contribution >= 0.6 is 11.8 Å². The number of nitrogens with two attached hydrogens (primary N) is 1. The largest absolute Gasteiger partial charge is 0.480 e. The molecular formula is C11H18N2O3S. The summed E-state index contributed by atoms with van der Waals surface area (Å²) < 4.78 is 0. The SMILES string of the molecule is C=CCN(CC=C)C(=O)CSC[C@@H](N)C(=O)O. The fourth-order valence-electron chi connectivity index (χ4n) is 1.03. The second kappa shape index (κ2) is 8.83. The molecule has 3 N–H and O–H groups in total. The zero-order valence-corrected chi connectivity index (χ0v) is 10.5. The van der Waals surface area contributed by atoms with E-state index in [1.54, 1.807) is 17.1 Å². The van der Waals surface area contributed by atoms with Crippen LogP contribution < -0.4 is 5.73 Å². The van der Waals surface area contributed by atoms with Gasteiger partial charge in [0.1, 0.15) is 6.04 Å². The molecule has 0 radical (unpaired) electrons. The number of rotatable bonds is 9. The first-order valence-corrected chi connectivity index (χ1v) is 6.24. The van der Waals surface area contributed by atoms with E-state index in [1.807, 2.05) is 0 Å². The lowest BCUT2D eigenvalue weighted by Crippen LogP contribution is -2.35. The molecule has 0 saturated heterocycles. The van der Waals surface area contributed by atoms with Crippen molar-refractivity contribution < 1.29 is 14.7 Å². The highest BCUT2D eigenvalue weighted by molar-refractivity contribution is 8.00. The van der Waals surface area contributed by atoms with Crippen molar-refractivity contribution in [2.75, 3.05) is 24.6 Å². The summed E-state index contributed by atoms with van der Waals surface area (Å²) in [6.45, 7) is 8.04. The van der Waals surface area contributed by atoms with Crippen molar-refractivity contribution >= 4 is 23.6 Å². The zero-order valence-electron chi connectivity index (χ0n) is 9.67. The Kier molecular flexibility index (Phi) is 8.17. The Morgan fingerprint density at radius 3 is 2.29 bits per heavy atom. The molecule has 96 valence electrons. The first kappa shape index (κ1) is 15.7. The number of carbonyl (C=O) groups is 2. The number of thioether (sulfide) groups is 1. The molecule has 0 aromatic rings. The van der Waals surface area contributed by atoms with E-state index < -0.39 is 12.0 Å². The molecule has 0 aromatic heterocycles. The van der Waals surface area contributed by atoms with Crippen LogP contribution in [0.5, 0.6) is 0 Å². The van der Waals surface area contributed by atoms with E-state index in [-0.39, 0.29) is 17.4 Å². The Morgan fingerprint density at radius 2 is 1.88 bits per heavy atom. The lowest BCUT2D eigenvalue weighted by atomic mass is 10.4. The lowest BCUT2D eigenvalue weighted by molar-refractivity contribution is -0.138. The maximum absolute atomic E-state index is 11.7. The van der Waals surface area contributed by atoms with Crippen molar-refractivity contribution in [3.8, 4) is 0 Å². The number of carbonyl (C=O) groups excluding carboxylic acids is 1. The van der Waals surface area contributed by atoms with Crippen molar-refractivity contribution in [1.82, 2.24) is 4.90 Å². The van der Waals surface area contributed by atoms with Gasteiger partial charge in [-0.25, -0.2) is 0 Å². The van der Waals surface area contributed by atoms with Crippen molar-refractivity contribution in [3.05, 3.63) is 25.3 Å². The average molecular weight is 258 g/mol. The van der Waals surface area contributed by atoms with Crippen molar-refractivity contribution in [3.63, 3.8) is 0 Å². The maximum Gasteiger partial charge on any atom is 0.321 e. The van der Waals surface area contributed by atoms with Crippen LogP contribution in [0.4, 0.5) is 0 Å². The average Bonchev–Trinajstić information content (AvgIpc) is 2.28. The van der Waals surface area contributed by atoms with E-state index in [9.17, 15) is 9.59 Å². The summed E-state index contributed by atoms with van der Waals surface area (Å²) in [6, 6.07) is -0.931. The number of hydrogen-bond donors (Lipinski definition) is 2. The van der Waals surface area contributed by atoms with E-state index in [4.69, 9.17) is 10.8 Å². The Bertz CT molecular complexity index is 284. The van der Waals surface area contributed by atoms with Gasteiger partial charge >= 0.3 is 5.97 Å². The molecule has 17 heavy (non-hydrogen) atoms. The van der Waals surface area contributed by atoms with E-state index in [1.165, 1.54) is 11.8 Å². The summed E-state index contributed by atoms with van der Waals surface area (Å²) in [5.74, 6) is -0.703. The van der Waals surface area contributed by atoms with Gasteiger partial charge in [0.15, 0.2) is 0 Å². The second-order valence-corrected chi connectivity index (χ2v) is 4.37. The van der Waals surface area contributed by atoms with Crippen LogP contribution in [0.25, 0.3) is 0 Å². The third-order valence-corrected chi connectivity index (χ3v) is 2.94. The zero-order chi connectivity index (χ0) is 13.3. The quantitative estimate of drug-likeness (QED) is 0.582. The van der Waals surface area contributed by atoms with Gasteiger partial charge < -0.3 is 15.7 Å². The van der Waals surface area contributed by atoms with Gasteiger partial charge in [-0.1, -0.05) is 12.2 Å². The molecule has 0 unspecified atom stereocenters. The minimum absolute atomic E-state index is 0.0765. The van der Waals surface area contributed by atoms with Gasteiger partial charge in [0.25, 0.3) is 0 Å². The molecule has 6 heteroatoms. The number of carboxylic acid groups (broad SMARTS) is 1. The molecule has 0 aliphatic rings. The fourth-order valence-corrected chi connectivity index (χ4v) is 1.90. The van der Waals surface area contributed by atoms with Crippen LogP contribution in [0, 0.1) is 0 Å². The Hall–Kier alpha value is -1.27. The van der Waals surface area contributed by atoms with Gasteiger partial charge in [-0.2, -0.15) is 0 Å². The summed E-state index contributed by atoms with van der Waals surface area (Å²) in [7, 11) is 0. The van der Waals surface area contributed by atoms with E-state index in [0.29, 0.717) is 13.1 Å².